The molecule has 0 saturated carbocycles. The third kappa shape index (κ3) is 3.14. The smallest absolute Gasteiger partial charge is 0.362 e. The topological polar surface area (TPSA) is 115 Å². The van der Waals surface area contributed by atoms with Gasteiger partial charge in [0.15, 0.2) is 5.60 Å². The molecule has 3 aromatic rings. The van der Waals surface area contributed by atoms with Crippen LogP contribution in [0.25, 0.3) is 6.08 Å². The summed E-state index contributed by atoms with van der Waals surface area (Å²) in [6.07, 6.45) is 1.46. The molecule has 0 bridgehead atoms. The van der Waals surface area contributed by atoms with Crippen LogP contribution in [0, 0.1) is 0 Å². The molecule has 8 nitrogen and oxygen atoms in total. The fraction of sp³-hybridized carbons (Fsp3) is 0.0800. The fourth-order valence-electron chi connectivity index (χ4n) is 4.36. The largest absolute Gasteiger partial charge is 0.508 e. The zero-order chi connectivity index (χ0) is 24.0. The van der Waals surface area contributed by atoms with Gasteiger partial charge in [0.2, 0.25) is 0 Å². The van der Waals surface area contributed by atoms with Crippen LogP contribution in [0.4, 0.5) is 0 Å². The van der Waals surface area contributed by atoms with E-state index in [0.717, 1.165) is 0 Å². The molecular formula is C25H15NO7S. The number of benzene rings is 3. The summed E-state index contributed by atoms with van der Waals surface area (Å²) in [4.78, 5) is 29.9. The van der Waals surface area contributed by atoms with Crippen molar-refractivity contribution in [3.05, 3.63) is 88.0 Å². The van der Waals surface area contributed by atoms with Crippen LogP contribution in [0.2, 0.25) is 0 Å². The van der Waals surface area contributed by atoms with E-state index in [1.54, 1.807) is 30.3 Å². The van der Waals surface area contributed by atoms with Crippen molar-refractivity contribution in [2.75, 3.05) is 0 Å². The van der Waals surface area contributed by atoms with Gasteiger partial charge in [-0.3, -0.25) is 0 Å². The van der Waals surface area contributed by atoms with Crippen LogP contribution in [-0.4, -0.2) is 27.3 Å². The normalized spacial score (nSPS) is 17.6. The quantitative estimate of drug-likeness (QED) is 0.141. The Bertz CT molecular complexity index is 1470. The van der Waals surface area contributed by atoms with E-state index < -0.39 is 17.5 Å². The highest BCUT2D eigenvalue weighted by atomic mass is 32.1. The second-order valence-corrected chi connectivity index (χ2v) is 7.88. The molecule has 0 fully saturated rings. The van der Waals surface area contributed by atoms with Crippen LogP contribution in [0.3, 0.4) is 0 Å². The highest BCUT2D eigenvalue weighted by Gasteiger charge is 2.54. The Morgan fingerprint density at radius 1 is 1.09 bits per heavy atom. The zero-order valence-electron chi connectivity index (χ0n) is 17.6. The lowest BCUT2D eigenvalue weighted by atomic mass is 9.75. The standard InChI is InChI=1S/C25H15NO7S/c1-13(23(29)33-26-12-34)8-14-9-16(28)11-21-22(14)25(19-7-6-15(27)10-20(19)31-21)18-5-3-2-4-17(18)24(30)32-25/h2-11,27-28H,1H3/b13-8+. The molecule has 1 atom stereocenters. The maximum absolute atomic E-state index is 13.0. The lowest BCUT2D eigenvalue weighted by Gasteiger charge is -2.37. The number of carbonyl (C=O) groups is 2. The van der Waals surface area contributed by atoms with Gasteiger partial charge in [-0.1, -0.05) is 18.2 Å². The number of esters is 1. The first-order chi connectivity index (χ1) is 16.3. The van der Waals surface area contributed by atoms with Crippen molar-refractivity contribution in [3.63, 3.8) is 0 Å². The van der Waals surface area contributed by atoms with Crippen molar-refractivity contribution in [2.24, 2.45) is 5.16 Å². The summed E-state index contributed by atoms with van der Waals surface area (Å²) >= 11 is 4.42. The number of phenolic OH excluding ortho intramolecular Hbond substituents is 2. The van der Waals surface area contributed by atoms with Crippen molar-refractivity contribution in [2.45, 2.75) is 12.5 Å². The summed E-state index contributed by atoms with van der Waals surface area (Å²) in [7, 11) is 0. The van der Waals surface area contributed by atoms with Gasteiger partial charge in [-0.15, -0.1) is 0 Å². The number of thiocarbonyl (C=S) groups is 1. The van der Waals surface area contributed by atoms with Crippen LogP contribution >= 0.6 is 12.2 Å². The number of isothiocyanates is 1. The molecule has 0 aromatic heterocycles. The number of ether oxygens (including phenoxy) is 2. The van der Waals surface area contributed by atoms with Crippen molar-refractivity contribution >= 4 is 35.4 Å². The van der Waals surface area contributed by atoms with Gasteiger partial charge in [-0.25, -0.2) is 9.59 Å². The third-order valence-electron chi connectivity index (χ3n) is 5.67. The predicted octanol–water partition coefficient (Wildman–Crippen LogP) is 4.63. The molecule has 5 rings (SSSR count). The first-order valence-electron chi connectivity index (χ1n) is 10.0. The fourth-order valence-corrected chi connectivity index (χ4v) is 4.40. The Balaban J connectivity index is 1.83. The molecule has 0 amide bonds. The SMILES string of the molecule is C/C(=C\c1cc(O)cc2c1C1(OC(=O)c3ccccc31)c1ccc(O)cc1O2)C(=O)ON=C=S. The third-order valence-corrected chi connectivity index (χ3v) is 5.74. The second-order valence-electron chi connectivity index (χ2n) is 7.70. The minimum Gasteiger partial charge on any atom is -0.508 e. The summed E-state index contributed by atoms with van der Waals surface area (Å²) in [6, 6.07) is 14.2. The van der Waals surface area contributed by atoms with Gasteiger partial charge in [0.05, 0.1) is 11.1 Å². The minimum absolute atomic E-state index is 0.0482. The summed E-state index contributed by atoms with van der Waals surface area (Å²) in [5.41, 5.74) is 0.811. The molecule has 2 aliphatic rings. The molecule has 9 heteroatoms. The van der Waals surface area contributed by atoms with E-state index in [-0.39, 0.29) is 28.6 Å². The van der Waals surface area contributed by atoms with E-state index in [0.29, 0.717) is 27.8 Å². The first-order valence-corrected chi connectivity index (χ1v) is 10.4. The summed E-state index contributed by atoms with van der Waals surface area (Å²) in [5.74, 6) is -1.09. The monoisotopic (exact) mass is 473 g/mol. The highest BCUT2D eigenvalue weighted by molar-refractivity contribution is 7.78. The van der Waals surface area contributed by atoms with E-state index in [4.69, 9.17) is 9.47 Å². The zero-order valence-corrected chi connectivity index (χ0v) is 18.4. The van der Waals surface area contributed by atoms with E-state index in [9.17, 15) is 19.8 Å². The molecule has 2 heterocycles. The van der Waals surface area contributed by atoms with E-state index in [1.165, 1.54) is 37.3 Å². The average Bonchev–Trinajstić information content (AvgIpc) is 3.09. The van der Waals surface area contributed by atoms with Gasteiger partial charge in [0.1, 0.15) is 28.2 Å². The van der Waals surface area contributed by atoms with Gasteiger partial charge in [0.25, 0.3) is 0 Å². The number of fused-ring (bicyclic) bond motifs is 6. The number of hydrogen-bond donors (Lipinski definition) is 2. The molecule has 0 saturated heterocycles. The van der Waals surface area contributed by atoms with Crippen LogP contribution in [0.5, 0.6) is 23.0 Å². The molecule has 1 unspecified atom stereocenters. The minimum atomic E-state index is -1.46. The van der Waals surface area contributed by atoms with Gasteiger partial charge >= 0.3 is 11.9 Å². The lowest BCUT2D eigenvalue weighted by Crippen LogP contribution is -2.34. The Labute approximate surface area is 198 Å². The molecule has 0 radical (unpaired) electrons. The predicted molar refractivity (Wildman–Crippen MR) is 123 cm³/mol. The van der Waals surface area contributed by atoms with E-state index in [2.05, 4.69) is 22.2 Å². The van der Waals surface area contributed by atoms with Crippen molar-refractivity contribution < 1.29 is 34.1 Å². The Hall–Kier alpha value is -4.46. The summed E-state index contributed by atoms with van der Waals surface area (Å²) < 4.78 is 12.1. The van der Waals surface area contributed by atoms with Gasteiger partial charge < -0.3 is 24.5 Å². The number of carbonyl (C=O) groups excluding carboxylic acids is 2. The molecule has 3 aromatic carbocycles. The van der Waals surface area contributed by atoms with Gasteiger partial charge in [0, 0.05) is 28.8 Å². The maximum atomic E-state index is 13.0. The van der Waals surface area contributed by atoms with Crippen molar-refractivity contribution in [1.29, 1.82) is 0 Å². The first kappa shape index (κ1) is 21.4. The summed E-state index contributed by atoms with van der Waals surface area (Å²) in [5, 5.41) is 25.6. The molecule has 34 heavy (non-hydrogen) atoms. The highest BCUT2D eigenvalue weighted by Crippen LogP contribution is 2.58. The number of rotatable bonds is 3. The van der Waals surface area contributed by atoms with Crippen molar-refractivity contribution in [3.8, 4) is 23.0 Å². The molecule has 0 aliphatic carbocycles. The summed E-state index contributed by atoms with van der Waals surface area (Å²) in [6.45, 7) is 1.49. The van der Waals surface area contributed by atoms with E-state index >= 15 is 0 Å². The van der Waals surface area contributed by atoms with Crippen LogP contribution in [-0.2, 0) is 20.0 Å². The number of phenols is 2. The molecule has 2 aliphatic heterocycles. The van der Waals surface area contributed by atoms with Crippen molar-refractivity contribution in [1.82, 2.24) is 0 Å². The molecular weight excluding hydrogens is 458 g/mol. The molecule has 2 N–H and O–H groups in total. The number of aromatic hydroxyl groups is 2. The molecule has 168 valence electrons. The second kappa shape index (κ2) is 7.84. The maximum Gasteiger partial charge on any atom is 0.362 e. The van der Waals surface area contributed by atoms with Crippen LogP contribution in [0.15, 0.2) is 65.3 Å². The average molecular weight is 473 g/mol. The van der Waals surface area contributed by atoms with Gasteiger partial charge in [-0.05, 0) is 60.2 Å². The Morgan fingerprint density at radius 2 is 1.85 bits per heavy atom. The number of hydrogen-bond acceptors (Lipinski definition) is 9. The van der Waals surface area contributed by atoms with Crippen LogP contribution < -0.4 is 4.74 Å². The molecule has 1 spiro atoms. The Morgan fingerprint density at radius 3 is 2.65 bits per heavy atom. The van der Waals surface area contributed by atoms with E-state index in [1.807, 2.05) is 5.16 Å². The Kier molecular flexibility index (Phi) is 4.93. The lowest BCUT2D eigenvalue weighted by molar-refractivity contribution is -0.138. The number of nitrogens with zero attached hydrogens (tertiary/aromatic N) is 1. The van der Waals surface area contributed by atoms with Crippen LogP contribution in [0.1, 0.15) is 39.5 Å². The van der Waals surface area contributed by atoms with Gasteiger partial charge in [-0.2, -0.15) is 0 Å².